The third-order valence-corrected chi connectivity index (χ3v) is 5.09. The molecule has 0 bridgehead atoms. The first kappa shape index (κ1) is 18.0. The summed E-state index contributed by atoms with van der Waals surface area (Å²) in [4.78, 5) is 27.0. The highest BCUT2D eigenvalue weighted by Gasteiger charge is 2.29. The van der Waals surface area contributed by atoms with Gasteiger partial charge in [-0.05, 0) is 61.2 Å². The average Bonchev–Trinajstić information content (AvgIpc) is 3.41. The normalized spacial score (nSPS) is 16.1. The number of benzene rings is 2. The lowest BCUT2D eigenvalue weighted by atomic mass is 10.0. The van der Waals surface area contributed by atoms with Crippen LogP contribution in [0.4, 0.5) is 5.69 Å². The van der Waals surface area contributed by atoms with Gasteiger partial charge in [-0.25, -0.2) is 0 Å². The number of furan rings is 1. The van der Waals surface area contributed by atoms with Crippen LogP contribution < -0.4 is 5.32 Å². The van der Waals surface area contributed by atoms with Crippen molar-refractivity contribution in [3.63, 3.8) is 0 Å². The molecule has 0 saturated carbocycles. The van der Waals surface area contributed by atoms with Crippen LogP contribution >= 0.6 is 0 Å². The number of carbonyl (C=O) groups is 2. The van der Waals surface area contributed by atoms with Crippen LogP contribution in [0.15, 0.2) is 77.4 Å². The van der Waals surface area contributed by atoms with Gasteiger partial charge >= 0.3 is 0 Å². The van der Waals surface area contributed by atoms with E-state index in [1.165, 1.54) is 11.8 Å². The largest absolute Gasteiger partial charge is 0.459 e. The van der Waals surface area contributed by atoms with E-state index in [2.05, 4.69) is 17.4 Å². The molecule has 28 heavy (non-hydrogen) atoms. The smallest absolute Gasteiger partial charge is 0.291 e. The Hall–Kier alpha value is -3.34. The first-order chi connectivity index (χ1) is 13.7. The van der Waals surface area contributed by atoms with Gasteiger partial charge in [-0.3, -0.25) is 9.59 Å². The summed E-state index contributed by atoms with van der Waals surface area (Å²) in [6.45, 7) is 0.785. The number of hydrogen-bond acceptors (Lipinski definition) is 3. The van der Waals surface area contributed by atoms with Gasteiger partial charge in [0, 0.05) is 23.8 Å². The summed E-state index contributed by atoms with van der Waals surface area (Å²) in [5.74, 6) is -0.0186. The zero-order chi connectivity index (χ0) is 19.3. The first-order valence-electron chi connectivity index (χ1n) is 9.50. The van der Waals surface area contributed by atoms with Gasteiger partial charge in [-0.15, -0.1) is 0 Å². The second kappa shape index (κ2) is 8.13. The van der Waals surface area contributed by atoms with E-state index in [1.807, 2.05) is 23.1 Å². The Bertz CT molecular complexity index is 934. The Kier molecular flexibility index (Phi) is 5.24. The third-order valence-electron chi connectivity index (χ3n) is 5.09. The molecule has 5 heteroatoms. The van der Waals surface area contributed by atoms with Crippen molar-refractivity contribution in [3.8, 4) is 0 Å². The van der Waals surface area contributed by atoms with E-state index in [0.29, 0.717) is 11.3 Å². The minimum absolute atomic E-state index is 0.0438. The molecule has 3 aromatic rings. The molecule has 1 atom stereocenters. The molecule has 5 nitrogen and oxygen atoms in total. The van der Waals surface area contributed by atoms with Crippen molar-refractivity contribution in [2.45, 2.75) is 25.3 Å². The van der Waals surface area contributed by atoms with Crippen molar-refractivity contribution in [3.05, 3.63) is 89.9 Å². The molecular formula is C23H22N2O3. The second-order valence-electron chi connectivity index (χ2n) is 6.99. The number of rotatable bonds is 5. The summed E-state index contributed by atoms with van der Waals surface area (Å²) < 4.78 is 5.08. The monoisotopic (exact) mass is 374 g/mol. The Morgan fingerprint density at radius 1 is 1.00 bits per heavy atom. The second-order valence-corrected chi connectivity index (χ2v) is 6.99. The maximum Gasteiger partial charge on any atom is 0.291 e. The molecule has 4 rings (SSSR count). The minimum Gasteiger partial charge on any atom is -0.459 e. The number of likely N-dealkylation sites (tertiary alicyclic amines) is 1. The molecule has 1 N–H and O–H groups in total. The molecule has 2 heterocycles. The lowest BCUT2D eigenvalue weighted by Crippen LogP contribution is -2.36. The predicted octanol–water partition coefficient (Wildman–Crippen LogP) is 4.38. The fourth-order valence-electron chi connectivity index (χ4n) is 3.66. The topological polar surface area (TPSA) is 62.6 Å². The van der Waals surface area contributed by atoms with Crippen LogP contribution in [0.5, 0.6) is 0 Å². The van der Waals surface area contributed by atoms with Crippen molar-refractivity contribution in [1.29, 1.82) is 0 Å². The van der Waals surface area contributed by atoms with Crippen molar-refractivity contribution in [2.75, 3.05) is 11.9 Å². The summed E-state index contributed by atoms with van der Waals surface area (Å²) >= 11 is 0. The molecule has 1 fully saturated rings. The third kappa shape index (κ3) is 3.98. The fourth-order valence-corrected chi connectivity index (χ4v) is 3.66. The van der Waals surface area contributed by atoms with Crippen molar-refractivity contribution in [1.82, 2.24) is 4.90 Å². The van der Waals surface area contributed by atoms with Crippen LogP contribution in [-0.2, 0) is 6.42 Å². The van der Waals surface area contributed by atoms with Gasteiger partial charge in [-0.2, -0.15) is 0 Å². The highest BCUT2D eigenvalue weighted by molar-refractivity contribution is 6.02. The van der Waals surface area contributed by atoms with Crippen LogP contribution in [0.1, 0.15) is 39.3 Å². The Morgan fingerprint density at radius 2 is 1.79 bits per heavy atom. The number of nitrogens with zero attached hydrogens (tertiary/aromatic N) is 1. The highest BCUT2D eigenvalue weighted by Crippen LogP contribution is 2.24. The molecule has 0 spiro atoms. The molecule has 0 radical (unpaired) electrons. The molecule has 2 aromatic carbocycles. The number of hydrogen-bond donors (Lipinski definition) is 1. The maximum atomic E-state index is 13.0. The summed E-state index contributed by atoms with van der Waals surface area (Å²) in [7, 11) is 0. The number of amides is 2. The quantitative estimate of drug-likeness (QED) is 0.721. The molecule has 1 aliphatic heterocycles. The number of anilines is 1. The molecule has 1 aromatic heterocycles. The molecular weight excluding hydrogens is 352 g/mol. The van der Waals surface area contributed by atoms with Crippen LogP contribution in [0, 0.1) is 0 Å². The lowest BCUT2D eigenvalue weighted by molar-refractivity contribution is 0.0736. The average molecular weight is 374 g/mol. The summed E-state index contributed by atoms with van der Waals surface area (Å²) in [5.41, 5.74) is 2.51. The van der Waals surface area contributed by atoms with Gasteiger partial charge < -0.3 is 14.6 Å². The van der Waals surface area contributed by atoms with Gasteiger partial charge in [0.25, 0.3) is 11.8 Å². The van der Waals surface area contributed by atoms with Crippen molar-refractivity contribution in [2.24, 2.45) is 0 Å². The van der Waals surface area contributed by atoms with E-state index in [4.69, 9.17) is 4.42 Å². The highest BCUT2D eigenvalue weighted by atomic mass is 16.3. The summed E-state index contributed by atoms with van der Waals surface area (Å²) in [6, 6.07) is 20.8. The van der Waals surface area contributed by atoms with E-state index in [0.717, 1.165) is 25.8 Å². The molecule has 1 saturated heterocycles. The van der Waals surface area contributed by atoms with Gasteiger partial charge in [-0.1, -0.05) is 30.3 Å². The van der Waals surface area contributed by atoms with Gasteiger partial charge in [0.15, 0.2) is 5.76 Å². The molecule has 0 aliphatic carbocycles. The van der Waals surface area contributed by atoms with E-state index in [9.17, 15) is 9.59 Å². The Balaban J connectivity index is 1.42. The van der Waals surface area contributed by atoms with Crippen molar-refractivity contribution < 1.29 is 14.0 Å². The maximum absolute atomic E-state index is 13.0. The lowest BCUT2D eigenvalue weighted by Gasteiger charge is -2.25. The Morgan fingerprint density at radius 3 is 2.50 bits per heavy atom. The SMILES string of the molecule is O=C(Nc1ccc(C(=O)N2CCC[C@@H]2Cc2ccccc2)cc1)c1ccco1. The zero-order valence-corrected chi connectivity index (χ0v) is 15.5. The standard InChI is InChI=1S/C23H22N2O3/c26-22(21-9-5-15-28-21)24-19-12-10-18(11-13-19)23(27)25-14-4-8-20(25)16-17-6-2-1-3-7-17/h1-3,5-7,9-13,15,20H,4,8,14,16H2,(H,24,26)/t20-/m1/s1. The van der Waals surface area contributed by atoms with Gasteiger partial charge in [0.05, 0.1) is 6.26 Å². The van der Waals surface area contributed by atoms with E-state index in [1.54, 1.807) is 36.4 Å². The summed E-state index contributed by atoms with van der Waals surface area (Å²) in [5, 5.41) is 2.76. The molecule has 142 valence electrons. The van der Waals surface area contributed by atoms with Crippen LogP contribution in [0.2, 0.25) is 0 Å². The predicted molar refractivity (Wildman–Crippen MR) is 107 cm³/mol. The van der Waals surface area contributed by atoms with E-state index < -0.39 is 0 Å². The summed E-state index contributed by atoms with van der Waals surface area (Å²) in [6.07, 6.45) is 4.39. The van der Waals surface area contributed by atoms with E-state index >= 15 is 0 Å². The van der Waals surface area contributed by atoms with Crippen LogP contribution in [-0.4, -0.2) is 29.3 Å². The van der Waals surface area contributed by atoms with E-state index in [-0.39, 0.29) is 23.6 Å². The first-order valence-corrected chi connectivity index (χ1v) is 9.50. The number of nitrogens with one attached hydrogen (secondary N) is 1. The van der Waals surface area contributed by atoms with Gasteiger partial charge in [0.1, 0.15) is 0 Å². The fraction of sp³-hybridized carbons (Fsp3) is 0.217. The Labute approximate surface area is 164 Å². The van der Waals surface area contributed by atoms with Crippen molar-refractivity contribution >= 4 is 17.5 Å². The molecule has 2 amide bonds. The number of carbonyl (C=O) groups excluding carboxylic acids is 2. The molecule has 0 unspecified atom stereocenters. The molecule has 1 aliphatic rings. The van der Waals surface area contributed by atoms with Crippen LogP contribution in [0.25, 0.3) is 0 Å². The zero-order valence-electron chi connectivity index (χ0n) is 15.5. The minimum atomic E-state index is -0.313. The van der Waals surface area contributed by atoms with Crippen LogP contribution in [0.3, 0.4) is 0 Å². The van der Waals surface area contributed by atoms with Gasteiger partial charge in [0.2, 0.25) is 0 Å².